The Morgan fingerprint density at radius 3 is 2.30 bits per heavy atom. The second kappa shape index (κ2) is 6.85. The summed E-state index contributed by atoms with van der Waals surface area (Å²) in [5.41, 5.74) is -0.117. The molecular weight excluding hydrogens is 258 g/mol. The molecule has 0 atom stereocenters. The van der Waals surface area contributed by atoms with E-state index in [0.29, 0.717) is 18.8 Å². The van der Waals surface area contributed by atoms with Crippen LogP contribution in [0, 0.1) is 5.41 Å². The van der Waals surface area contributed by atoms with Crippen LogP contribution >= 0.6 is 0 Å². The molecule has 1 heterocycles. The summed E-state index contributed by atoms with van der Waals surface area (Å²) in [6, 6.07) is 1.47. The molecule has 114 valence electrons. The van der Waals surface area contributed by atoms with Crippen molar-refractivity contribution in [1.29, 1.82) is 0 Å². The van der Waals surface area contributed by atoms with Crippen molar-refractivity contribution in [2.24, 2.45) is 19.5 Å². The van der Waals surface area contributed by atoms with E-state index in [1.54, 1.807) is 7.05 Å². The van der Waals surface area contributed by atoms with Gasteiger partial charge in [0.2, 0.25) is 0 Å². The third-order valence-corrected chi connectivity index (χ3v) is 4.27. The third kappa shape index (κ3) is 3.37. The average molecular weight is 283 g/mol. The summed E-state index contributed by atoms with van der Waals surface area (Å²) in [5.74, 6) is 0. The monoisotopic (exact) mass is 283 g/mol. The molecule has 1 aromatic heterocycles. The first-order chi connectivity index (χ1) is 9.40. The van der Waals surface area contributed by atoms with Crippen LogP contribution in [0.5, 0.6) is 0 Å². The lowest BCUT2D eigenvalue weighted by Gasteiger charge is -2.29. The number of aliphatic hydroxyl groups excluding tert-OH is 1. The van der Waals surface area contributed by atoms with E-state index < -0.39 is 0 Å². The number of nitrogens with zero attached hydrogens (tertiary/aromatic N) is 2. The van der Waals surface area contributed by atoms with E-state index in [2.05, 4.69) is 19.2 Å². The summed E-state index contributed by atoms with van der Waals surface area (Å²) >= 11 is 0. The van der Waals surface area contributed by atoms with Crippen LogP contribution in [-0.2, 0) is 20.6 Å². The van der Waals surface area contributed by atoms with Crippen molar-refractivity contribution in [1.82, 2.24) is 14.5 Å². The SMILES string of the molecule is CCC(CC)(CO)CNCc1cc(=O)n(C)c(=O)n1C. The summed E-state index contributed by atoms with van der Waals surface area (Å²) in [7, 11) is 3.12. The van der Waals surface area contributed by atoms with E-state index in [4.69, 9.17) is 0 Å². The van der Waals surface area contributed by atoms with Crippen LogP contribution < -0.4 is 16.6 Å². The summed E-state index contributed by atoms with van der Waals surface area (Å²) in [6.45, 7) is 5.32. The number of nitrogens with one attached hydrogen (secondary N) is 1. The van der Waals surface area contributed by atoms with Crippen molar-refractivity contribution in [3.63, 3.8) is 0 Å². The van der Waals surface area contributed by atoms with Gasteiger partial charge in [-0.3, -0.25) is 13.9 Å². The Balaban J connectivity index is 2.82. The highest BCUT2D eigenvalue weighted by atomic mass is 16.3. The minimum Gasteiger partial charge on any atom is -0.396 e. The maximum absolute atomic E-state index is 11.8. The fourth-order valence-corrected chi connectivity index (χ4v) is 2.18. The molecule has 0 saturated carbocycles. The Hall–Kier alpha value is -1.40. The smallest absolute Gasteiger partial charge is 0.330 e. The molecule has 0 bridgehead atoms. The zero-order chi connectivity index (χ0) is 15.3. The van der Waals surface area contributed by atoms with Crippen molar-refractivity contribution < 1.29 is 5.11 Å². The Labute approximate surface area is 119 Å². The first-order valence-corrected chi connectivity index (χ1v) is 6.98. The Kier molecular flexibility index (Phi) is 5.71. The van der Waals surface area contributed by atoms with Gasteiger partial charge in [0, 0.05) is 51.0 Å². The van der Waals surface area contributed by atoms with Gasteiger partial charge < -0.3 is 10.4 Å². The molecular formula is C14H25N3O3. The fourth-order valence-electron chi connectivity index (χ4n) is 2.18. The van der Waals surface area contributed by atoms with Crippen molar-refractivity contribution in [3.05, 3.63) is 32.6 Å². The van der Waals surface area contributed by atoms with E-state index in [-0.39, 0.29) is 23.3 Å². The van der Waals surface area contributed by atoms with Gasteiger partial charge in [-0.15, -0.1) is 0 Å². The van der Waals surface area contributed by atoms with Gasteiger partial charge in [-0.05, 0) is 12.8 Å². The molecule has 1 aromatic rings. The van der Waals surface area contributed by atoms with Crippen molar-refractivity contribution in [3.8, 4) is 0 Å². The highest BCUT2D eigenvalue weighted by molar-refractivity contribution is 5.02. The molecule has 0 aliphatic carbocycles. The van der Waals surface area contributed by atoms with Crippen LogP contribution in [0.3, 0.4) is 0 Å². The minimum absolute atomic E-state index is 0.127. The van der Waals surface area contributed by atoms with E-state index in [9.17, 15) is 14.7 Å². The van der Waals surface area contributed by atoms with E-state index >= 15 is 0 Å². The van der Waals surface area contributed by atoms with Gasteiger partial charge in [-0.1, -0.05) is 13.8 Å². The number of aliphatic hydroxyl groups is 1. The minimum atomic E-state index is -0.325. The van der Waals surface area contributed by atoms with Crippen LogP contribution in [-0.4, -0.2) is 27.4 Å². The number of rotatable bonds is 7. The van der Waals surface area contributed by atoms with Crippen LogP contribution in [0.1, 0.15) is 32.4 Å². The van der Waals surface area contributed by atoms with Gasteiger partial charge in [0.15, 0.2) is 0 Å². The first-order valence-electron chi connectivity index (χ1n) is 6.98. The molecule has 0 spiro atoms. The molecule has 0 aromatic carbocycles. The first kappa shape index (κ1) is 16.7. The summed E-state index contributed by atoms with van der Waals surface area (Å²) < 4.78 is 2.55. The average Bonchev–Trinajstić information content (AvgIpc) is 2.47. The largest absolute Gasteiger partial charge is 0.396 e. The van der Waals surface area contributed by atoms with Crippen LogP contribution in [0.2, 0.25) is 0 Å². The third-order valence-electron chi connectivity index (χ3n) is 4.27. The Bertz CT molecular complexity index is 547. The standard InChI is InChI=1S/C14H25N3O3/c1-5-14(6-2,10-18)9-15-8-11-7-12(19)17(4)13(20)16(11)3/h7,15,18H,5-6,8-10H2,1-4H3. The maximum atomic E-state index is 11.8. The second-order valence-electron chi connectivity index (χ2n) is 5.34. The zero-order valence-electron chi connectivity index (χ0n) is 12.8. The molecule has 2 N–H and O–H groups in total. The molecule has 1 rings (SSSR count). The highest BCUT2D eigenvalue weighted by Crippen LogP contribution is 2.24. The molecule has 20 heavy (non-hydrogen) atoms. The summed E-state index contributed by atoms with van der Waals surface area (Å²) in [5, 5.41) is 12.7. The number of hydrogen-bond donors (Lipinski definition) is 2. The maximum Gasteiger partial charge on any atom is 0.330 e. The summed E-state index contributed by atoms with van der Waals surface area (Å²) in [4.78, 5) is 23.4. The van der Waals surface area contributed by atoms with Crippen LogP contribution in [0.15, 0.2) is 15.7 Å². The van der Waals surface area contributed by atoms with E-state index in [0.717, 1.165) is 17.4 Å². The molecule has 0 aliphatic rings. The lowest BCUT2D eigenvalue weighted by Crippen LogP contribution is -2.41. The lowest BCUT2D eigenvalue weighted by molar-refractivity contribution is 0.112. The van der Waals surface area contributed by atoms with E-state index in [1.165, 1.54) is 17.7 Å². The van der Waals surface area contributed by atoms with Crippen molar-refractivity contribution in [2.45, 2.75) is 33.2 Å². The molecule has 6 nitrogen and oxygen atoms in total. The summed E-state index contributed by atoms with van der Waals surface area (Å²) in [6.07, 6.45) is 1.75. The van der Waals surface area contributed by atoms with Gasteiger partial charge >= 0.3 is 5.69 Å². The van der Waals surface area contributed by atoms with Gasteiger partial charge in [0.1, 0.15) is 0 Å². The Morgan fingerprint density at radius 1 is 1.20 bits per heavy atom. The van der Waals surface area contributed by atoms with E-state index in [1.807, 2.05) is 0 Å². The molecule has 0 radical (unpaired) electrons. The van der Waals surface area contributed by atoms with Gasteiger partial charge in [-0.25, -0.2) is 4.79 Å². The number of hydrogen-bond acceptors (Lipinski definition) is 4. The topological polar surface area (TPSA) is 76.3 Å². The molecule has 0 unspecified atom stereocenters. The zero-order valence-corrected chi connectivity index (χ0v) is 12.8. The molecule has 0 amide bonds. The van der Waals surface area contributed by atoms with Crippen molar-refractivity contribution >= 4 is 0 Å². The Morgan fingerprint density at radius 2 is 1.80 bits per heavy atom. The van der Waals surface area contributed by atoms with Gasteiger partial charge in [-0.2, -0.15) is 0 Å². The molecule has 0 saturated heterocycles. The highest BCUT2D eigenvalue weighted by Gasteiger charge is 2.24. The molecule has 6 heteroatoms. The number of aromatic nitrogens is 2. The fraction of sp³-hybridized carbons (Fsp3) is 0.714. The quantitative estimate of drug-likeness (QED) is 0.737. The van der Waals surface area contributed by atoms with Crippen molar-refractivity contribution in [2.75, 3.05) is 13.2 Å². The lowest BCUT2D eigenvalue weighted by atomic mass is 9.83. The predicted molar refractivity (Wildman–Crippen MR) is 78.7 cm³/mol. The van der Waals surface area contributed by atoms with Crippen LogP contribution in [0.25, 0.3) is 0 Å². The molecule has 0 aliphatic heterocycles. The predicted octanol–water partition coefficient (Wildman–Crippen LogP) is -0.0277. The van der Waals surface area contributed by atoms with Crippen LogP contribution in [0.4, 0.5) is 0 Å². The molecule has 0 fully saturated rings. The normalized spacial score (nSPS) is 11.8. The van der Waals surface area contributed by atoms with Gasteiger partial charge in [0.25, 0.3) is 5.56 Å². The second-order valence-corrected chi connectivity index (χ2v) is 5.34. The van der Waals surface area contributed by atoms with Gasteiger partial charge in [0.05, 0.1) is 0 Å².